The third-order valence-electron chi connectivity index (χ3n) is 6.42. The summed E-state index contributed by atoms with van der Waals surface area (Å²) in [7, 11) is -3.27. The molecule has 0 amide bonds. The molecule has 188 valence electrons. The van der Waals surface area contributed by atoms with Crippen LogP contribution in [-0.2, 0) is 14.8 Å². The number of benzene rings is 1. The molecule has 0 radical (unpaired) electrons. The minimum absolute atomic E-state index is 0. The van der Waals surface area contributed by atoms with Gasteiger partial charge in [-0.1, -0.05) is 24.3 Å². The molecule has 1 atom stereocenters. The van der Waals surface area contributed by atoms with Gasteiger partial charge in [-0.2, -0.15) is 17.8 Å². The van der Waals surface area contributed by atoms with E-state index < -0.39 is 10.0 Å². The van der Waals surface area contributed by atoms with E-state index in [2.05, 4.69) is 39.6 Å². The van der Waals surface area contributed by atoms with Crippen LogP contribution in [0.4, 0.5) is 0 Å². The molecule has 35 heavy (non-hydrogen) atoms. The van der Waals surface area contributed by atoms with Crippen LogP contribution in [0.15, 0.2) is 42.7 Å². The van der Waals surface area contributed by atoms with Gasteiger partial charge in [0.15, 0.2) is 5.52 Å². The Morgan fingerprint density at radius 3 is 2.63 bits per heavy atom. The number of aromatic nitrogens is 3. The SMILES string of the molecule is CS(=O)(=O)N1CCO[C@H](COc2nc(-c3ccc(C4CCNCC4)cc3)cc3nccnc23)C1.S. The Hall–Kier alpha value is -2.31. The summed E-state index contributed by atoms with van der Waals surface area (Å²) < 4.78 is 37.0. The highest BCUT2D eigenvalue weighted by Crippen LogP contribution is 2.30. The fourth-order valence-electron chi connectivity index (χ4n) is 4.54. The van der Waals surface area contributed by atoms with Gasteiger partial charge in [-0.05, 0) is 43.5 Å². The molecule has 2 fully saturated rings. The Morgan fingerprint density at radius 1 is 1.14 bits per heavy atom. The fourth-order valence-corrected chi connectivity index (χ4v) is 5.38. The molecule has 1 N–H and O–H groups in total. The van der Waals surface area contributed by atoms with Crippen LogP contribution < -0.4 is 10.1 Å². The van der Waals surface area contributed by atoms with Gasteiger partial charge in [-0.15, -0.1) is 0 Å². The number of piperidine rings is 1. The van der Waals surface area contributed by atoms with Crippen molar-refractivity contribution < 1.29 is 17.9 Å². The Kier molecular flexibility index (Phi) is 8.23. The second-order valence-electron chi connectivity index (χ2n) is 8.81. The van der Waals surface area contributed by atoms with E-state index in [1.165, 1.54) is 16.1 Å². The van der Waals surface area contributed by atoms with Crippen LogP contribution in [-0.4, -0.2) is 79.4 Å². The van der Waals surface area contributed by atoms with Gasteiger partial charge in [0.05, 0.1) is 24.1 Å². The van der Waals surface area contributed by atoms with Gasteiger partial charge in [0.25, 0.3) is 0 Å². The van der Waals surface area contributed by atoms with Gasteiger partial charge in [0.2, 0.25) is 15.9 Å². The number of fused-ring (bicyclic) bond motifs is 1. The molecule has 1 aromatic carbocycles. The van der Waals surface area contributed by atoms with E-state index in [1.54, 1.807) is 12.4 Å². The smallest absolute Gasteiger partial charge is 0.242 e. The van der Waals surface area contributed by atoms with Crippen molar-refractivity contribution in [3.05, 3.63) is 48.3 Å². The highest BCUT2D eigenvalue weighted by Gasteiger charge is 2.27. The molecule has 9 nitrogen and oxygen atoms in total. The lowest BCUT2D eigenvalue weighted by molar-refractivity contribution is -0.0252. The van der Waals surface area contributed by atoms with Crippen LogP contribution in [0.2, 0.25) is 0 Å². The van der Waals surface area contributed by atoms with Crippen molar-refractivity contribution in [3.63, 3.8) is 0 Å². The van der Waals surface area contributed by atoms with Crippen LogP contribution in [0.5, 0.6) is 5.88 Å². The van der Waals surface area contributed by atoms with Crippen molar-refractivity contribution in [2.45, 2.75) is 24.9 Å². The fraction of sp³-hybridized carbons (Fsp3) is 0.458. The van der Waals surface area contributed by atoms with E-state index in [0.29, 0.717) is 36.0 Å². The van der Waals surface area contributed by atoms with Gasteiger partial charge in [-0.25, -0.2) is 18.4 Å². The molecule has 4 heterocycles. The van der Waals surface area contributed by atoms with Gasteiger partial charge < -0.3 is 14.8 Å². The summed E-state index contributed by atoms with van der Waals surface area (Å²) in [6, 6.07) is 10.5. The average Bonchev–Trinajstić information content (AvgIpc) is 2.87. The Bertz CT molecular complexity index is 1250. The molecular weight excluding hydrogens is 486 g/mol. The van der Waals surface area contributed by atoms with E-state index in [1.807, 2.05) is 6.07 Å². The maximum absolute atomic E-state index is 11.9. The summed E-state index contributed by atoms with van der Waals surface area (Å²) in [5, 5.41) is 3.41. The lowest BCUT2D eigenvalue weighted by Crippen LogP contribution is -2.47. The van der Waals surface area contributed by atoms with Crippen LogP contribution in [0.25, 0.3) is 22.3 Å². The Balaban J connectivity index is 0.00000289. The summed E-state index contributed by atoms with van der Waals surface area (Å²) >= 11 is 0. The molecule has 0 bridgehead atoms. The third kappa shape index (κ3) is 6.10. The summed E-state index contributed by atoms with van der Waals surface area (Å²) in [6.45, 7) is 3.22. The normalized spacial score (nSPS) is 19.9. The molecule has 2 aromatic heterocycles. The molecular formula is C24H31N5O4S2. The topological polar surface area (TPSA) is 107 Å². The van der Waals surface area contributed by atoms with Crippen LogP contribution >= 0.6 is 13.5 Å². The van der Waals surface area contributed by atoms with Gasteiger partial charge in [0, 0.05) is 31.0 Å². The number of ether oxygens (including phenoxy) is 2. The molecule has 0 unspecified atom stereocenters. The van der Waals surface area contributed by atoms with Crippen molar-refractivity contribution in [1.29, 1.82) is 0 Å². The molecule has 2 saturated heterocycles. The van der Waals surface area contributed by atoms with E-state index in [-0.39, 0.29) is 32.8 Å². The molecule has 0 saturated carbocycles. The van der Waals surface area contributed by atoms with Gasteiger partial charge in [0.1, 0.15) is 12.7 Å². The van der Waals surface area contributed by atoms with E-state index in [9.17, 15) is 8.42 Å². The highest BCUT2D eigenvalue weighted by molar-refractivity contribution is 7.88. The first kappa shape index (κ1) is 25.8. The zero-order valence-electron chi connectivity index (χ0n) is 19.7. The van der Waals surface area contributed by atoms with E-state index in [4.69, 9.17) is 14.5 Å². The lowest BCUT2D eigenvalue weighted by Gasteiger charge is -2.30. The van der Waals surface area contributed by atoms with Crippen molar-refractivity contribution in [3.8, 4) is 17.1 Å². The molecule has 11 heteroatoms. The largest absolute Gasteiger partial charge is 0.473 e. The lowest BCUT2D eigenvalue weighted by atomic mass is 9.89. The second kappa shape index (κ2) is 11.2. The molecule has 3 aromatic rings. The zero-order valence-corrected chi connectivity index (χ0v) is 21.5. The molecule has 5 rings (SSSR count). The van der Waals surface area contributed by atoms with Crippen molar-refractivity contribution in [1.82, 2.24) is 24.6 Å². The predicted octanol–water partition coefficient (Wildman–Crippen LogP) is 2.31. The number of pyridine rings is 1. The number of morpholine rings is 1. The maximum atomic E-state index is 11.9. The standard InChI is InChI=1S/C24H29N5O4S.H2S/c1-34(30,31)29-12-13-32-20(15-29)16-33-24-23-22(26-10-11-27-23)14-21(28-24)19-4-2-17(3-5-19)18-6-8-25-9-7-18;/h2-5,10-11,14,18,20,25H,6-9,12-13,15-16H2,1H3;1H2/t20-;/m0./s1. The number of nitrogens with one attached hydrogen (secondary N) is 1. The Labute approximate surface area is 212 Å². The molecule has 2 aliphatic rings. The molecule has 0 spiro atoms. The first-order valence-electron chi connectivity index (χ1n) is 11.6. The molecule has 2 aliphatic heterocycles. The van der Waals surface area contributed by atoms with Crippen molar-refractivity contribution in [2.75, 3.05) is 45.6 Å². The Morgan fingerprint density at radius 2 is 1.89 bits per heavy atom. The third-order valence-corrected chi connectivity index (χ3v) is 7.69. The van der Waals surface area contributed by atoms with E-state index in [0.717, 1.165) is 37.2 Å². The number of rotatable bonds is 6. The number of hydrogen-bond donors (Lipinski definition) is 1. The maximum Gasteiger partial charge on any atom is 0.242 e. The second-order valence-corrected chi connectivity index (χ2v) is 10.8. The first-order chi connectivity index (χ1) is 16.5. The molecule has 0 aliphatic carbocycles. The quantitative estimate of drug-likeness (QED) is 0.531. The van der Waals surface area contributed by atoms with Gasteiger partial charge >= 0.3 is 0 Å². The summed E-state index contributed by atoms with van der Waals surface area (Å²) in [6.07, 6.45) is 6.38. The zero-order chi connectivity index (χ0) is 23.5. The summed E-state index contributed by atoms with van der Waals surface area (Å²) in [5.41, 5.74) is 4.34. The number of sulfonamides is 1. The number of hydrogen-bond acceptors (Lipinski definition) is 8. The first-order valence-corrected chi connectivity index (χ1v) is 13.4. The highest BCUT2D eigenvalue weighted by atomic mass is 32.2. The van der Waals surface area contributed by atoms with Crippen LogP contribution in [0, 0.1) is 0 Å². The summed E-state index contributed by atoms with van der Waals surface area (Å²) in [5.74, 6) is 0.953. The monoisotopic (exact) mass is 517 g/mol. The van der Waals surface area contributed by atoms with Crippen LogP contribution in [0.3, 0.4) is 0 Å². The van der Waals surface area contributed by atoms with Crippen LogP contribution in [0.1, 0.15) is 24.3 Å². The van der Waals surface area contributed by atoms with Crippen molar-refractivity contribution >= 4 is 34.6 Å². The minimum atomic E-state index is -3.27. The minimum Gasteiger partial charge on any atom is -0.473 e. The predicted molar refractivity (Wildman–Crippen MR) is 140 cm³/mol. The van der Waals surface area contributed by atoms with E-state index >= 15 is 0 Å². The summed E-state index contributed by atoms with van der Waals surface area (Å²) in [4.78, 5) is 13.6. The average molecular weight is 518 g/mol. The van der Waals surface area contributed by atoms with Gasteiger partial charge in [-0.3, -0.25) is 4.98 Å². The van der Waals surface area contributed by atoms with Crippen molar-refractivity contribution in [2.24, 2.45) is 0 Å². The number of nitrogens with zero attached hydrogens (tertiary/aromatic N) is 4.